The molecule has 1 rings (SSSR count). The van der Waals surface area contributed by atoms with Crippen molar-refractivity contribution in [1.82, 2.24) is 10.2 Å². The van der Waals surface area contributed by atoms with Crippen LogP contribution >= 0.6 is 0 Å². The molecule has 0 saturated carbocycles. The molecule has 0 aliphatic heterocycles. The summed E-state index contributed by atoms with van der Waals surface area (Å²) in [5.41, 5.74) is 3.06. The molecule has 0 fully saturated rings. The number of aryl methyl sites for hydroxylation is 2. The van der Waals surface area contributed by atoms with Crippen LogP contribution < -0.4 is 5.32 Å². The Hall–Kier alpha value is -1.19. The number of Topliss-reactive ketones (excluding diaryl/α,β-unsaturated/α-hetero) is 1. The first-order valence-corrected chi connectivity index (χ1v) is 6.48. The second-order valence-electron chi connectivity index (χ2n) is 4.94. The number of hydrogen-bond donors (Lipinski definition) is 1. The lowest BCUT2D eigenvalue weighted by Gasteiger charge is -2.16. The largest absolute Gasteiger partial charge is 0.320 e. The van der Waals surface area contributed by atoms with Gasteiger partial charge in [-0.15, -0.1) is 0 Å². The van der Waals surface area contributed by atoms with Crippen LogP contribution in [0.1, 0.15) is 27.9 Å². The van der Waals surface area contributed by atoms with Crippen LogP contribution in [0.25, 0.3) is 0 Å². The minimum absolute atomic E-state index is 0.211. The Bertz CT molecular complexity index is 401. The number of likely N-dealkylation sites (N-methyl/N-ethyl adjacent to an activating group) is 1. The molecule has 0 bridgehead atoms. The quantitative estimate of drug-likeness (QED) is 0.592. The monoisotopic (exact) mass is 248 g/mol. The lowest BCUT2D eigenvalue weighted by Crippen LogP contribution is -2.29. The number of hydrogen-bond acceptors (Lipinski definition) is 3. The van der Waals surface area contributed by atoms with Gasteiger partial charge in [0, 0.05) is 5.56 Å². The fourth-order valence-corrected chi connectivity index (χ4v) is 1.97. The molecule has 18 heavy (non-hydrogen) atoms. The van der Waals surface area contributed by atoms with Crippen molar-refractivity contribution in [1.29, 1.82) is 0 Å². The molecule has 0 amide bonds. The molecule has 0 heterocycles. The summed E-state index contributed by atoms with van der Waals surface area (Å²) in [4.78, 5) is 14.3. The number of nitrogens with zero attached hydrogens (tertiary/aromatic N) is 1. The number of nitrogens with one attached hydrogen (secondary N) is 1. The van der Waals surface area contributed by atoms with E-state index < -0.39 is 0 Å². The van der Waals surface area contributed by atoms with Gasteiger partial charge in [0.2, 0.25) is 0 Å². The zero-order valence-corrected chi connectivity index (χ0v) is 11.9. The van der Waals surface area contributed by atoms with E-state index in [2.05, 4.69) is 10.2 Å². The number of ketones is 1. The van der Waals surface area contributed by atoms with Gasteiger partial charge in [-0.25, -0.2) is 0 Å². The van der Waals surface area contributed by atoms with E-state index in [4.69, 9.17) is 0 Å². The first kappa shape index (κ1) is 14.9. The third kappa shape index (κ3) is 4.59. The number of carbonyl (C=O) groups excluding carboxylic acids is 1. The summed E-state index contributed by atoms with van der Waals surface area (Å²) in [7, 11) is 3.94. The van der Waals surface area contributed by atoms with Crippen LogP contribution in [0.4, 0.5) is 0 Å². The molecule has 3 heteroatoms. The molecule has 3 nitrogen and oxygen atoms in total. The molecule has 0 unspecified atom stereocenters. The Balaban J connectivity index is 2.56. The van der Waals surface area contributed by atoms with E-state index >= 15 is 0 Å². The highest BCUT2D eigenvalue weighted by atomic mass is 16.1. The van der Waals surface area contributed by atoms with Crippen molar-refractivity contribution < 1.29 is 4.79 Å². The predicted octanol–water partition coefficient (Wildman–Crippen LogP) is 2.03. The summed E-state index contributed by atoms with van der Waals surface area (Å²) in [5, 5.41) is 3.11. The molecule has 1 aromatic rings. The molecule has 0 saturated heterocycles. The summed E-state index contributed by atoms with van der Waals surface area (Å²) in [6, 6.07) is 6.05. The van der Waals surface area contributed by atoms with Crippen molar-refractivity contribution in [3.8, 4) is 0 Å². The summed E-state index contributed by atoms with van der Waals surface area (Å²) >= 11 is 0. The molecule has 0 aliphatic rings. The number of benzene rings is 1. The Morgan fingerprint density at radius 1 is 1.33 bits per heavy atom. The predicted molar refractivity (Wildman–Crippen MR) is 76.3 cm³/mol. The standard InChI is InChI=1S/C15H24N2O/c1-12-6-7-13(2)14(10-12)15(18)11-17(4)9-5-8-16-3/h6-7,10,16H,5,8-9,11H2,1-4H3. The molecular formula is C15H24N2O. The zero-order valence-electron chi connectivity index (χ0n) is 11.9. The molecule has 100 valence electrons. The van der Waals surface area contributed by atoms with Crippen molar-refractivity contribution in [2.75, 3.05) is 33.7 Å². The van der Waals surface area contributed by atoms with Crippen LogP contribution in [0.3, 0.4) is 0 Å². The third-order valence-electron chi connectivity index (χ3n) is 3.07. The van der Waals surface area contributed by atoms with Gasteiger partial charge in [0.05, 0.1) is 6.54 Å². The van der Waals surface area contributed by atoms with Gasteiger partial charge in [0.15, 0.2) is 5.78 Å². The summed E-state index contributed by atoms with van der Waals surface area (Å²) in [6.07, 6.45) is 1.06. The maximum absolute atomic E-state index is 12.2. The van der Waals surface area contributed by atoms with Gasteiger partial charge in [-0.2, -0.15) is 0 Å². The van der Waals surface area contributed by atoms with Crippen LogP contribution in [0, 0.1) is 13.8 Å². The van der Waals surface area contributed by atoms with Crippen LogP contribution in [0.5, 0.6) is 0 Å². The molecule has 0 atom stereocenters. The normalized spacial score (nSPS) is 10.9. The minimum Gasteiger partial charge on any atom is -0.320 e. The van der Waals surface area contributed by atoms with Gasteiger partial charge in [0.1, 0.15) is 0 Å². The van der Waals surface area contributed by atoms with E-state index in [-0.39, 0.29) is 5.78 Å². The Morgan fingerprint density at radius 2 is 2.06 bits per heavy atom. The smallest absolute Gasteiger partial charge is 0.177 e. The van der Waals surface area contributed by atoms with E-state index in [0.717, 1.165) is 36.2 Å². The second kappa shape index (κ2) is 7.29. The van der Waals surface area contributed by atoms with Crippen molar-refractivity contribution in [3.05, 3.63) is 34.9 Å². The average molecular weight is 248 g/mol. The second-order valence-corrected chi connectivity index (χ2v) is 4.94. The SMILES string of the molecule is CNCCCN(C)CC(=O)c1cc(C)ccc1C. The maximum Gasteiger partial charge on any atom is 0.177 e. The number of rotatable bonds is 7. The molecule has 0 aliphatic carbocycles. The average Bonchev–Trinajstić information content (AvgIpc) is 2.32. The van der Waals surface area contributed by atoms with Gasteiger partial charge in [-0.05, 0) is 59.1 Å². The molecule has 0 aromatic heterocycles. The van der Waals surface area contributed by atoms with Gasteiger partial charge in [-0.3, -0.25) is 9.69 Å². The molecule has 0 radical (unpaired) electrons. The van der Waals surface area contributed by atoms with E-state index in [9.17, 15) is 4.79 Å². The molecule has 0 spiro atoms. The minimum atomic E-state index is 0.211. The Kier molecular flexibility index (Phi) is 6.02. The fraction of sp³-hybridized carbons (Fsp3) is 0.533. The Morgan fingerprint density at radius 3 is 2.72 bits per heavy atom. The third-order valence-corrected chi connectivity index (χ3v) is 3.07. The van der Waals surface area contributed by atoms with E-state index in [1.165, 1.54) is 0 Å². The van der Waals surface area contributed by atoms with Gasteiger partial charge < -0.3 is 5.32 Å². The summed E-state index contributed by atoms with van der Waals surface area (Å²) in [6.45, 7) is 6.44. The van der Waals surface area contributed by atoms with Crippen molar-refractivity contribution in [2.24, 2.45) is 0 Å². The fourth-order valence-electron chi connectivity index (χ4n) is 1.97. The number of carbonyl (C=O) groups is 1. The van der Waals surface area contributed by atoms with E-state index in [0.29, 0.717) is 6.54 Å². The van der Waals surface area contributed by atoms with E-state index in [1.807, 2.05) is 46.1 Å². The molecule has 1 N–H and O–H groups in total. The topological polar surface area (TPSA) is 32.3 Å². The molecule has 1 aromatic carbocycles. The lowest BCUT2D eigenvalue weighted by molar-refractivity contribution is 0.0945. The maximum atomic E-state index is 12.2. The van der Waals surface area contributed by atoms with Crippen LogP contribution in [-0.2, 0) is 0 Å². The van der Waals surface area contributed by atoms with Gasteiger partial charge >= 0.3 is 0 Å². The summed E-state index contributed by atoms with van der Waals surface area (Å²) < 4.78 is 0. The van der Waals surface area contributed by atoms with Crippen molar-refractivity contribution in [3.63, 3.8) is 0 Å². The van der Waals surface area contributed by atoms with Crippen LogP contribution in [-0.4, -0.2) is 44.4 Å². The molecular weight excluding hydrogens is 224 g/mol. The van der Waals surface area contributed by atoms with Crippen molar-refractivity contribution >= 4 is 5.78 Å². The van der Waals surface area contributed by atoms with Crippen LogP contribution in [0.2, 0.25) is 0 Å². The van der Waals surface area contributed by atoms with E-state index in [1.54, 1.807) is 0 Å². The first-order valence-electron chi connectivity index (χ1n) is 6.48. The summed E-state index contributed by atoms with van der Waals surface area (Å²) in [5.74, 6) is 0.211. The van der Waals surface area contributed by atoms with Crippen molar-refractivity contribution in [2.45, 2.75) is 20.3 Å². The highest BCUT2D eigenvalue weighted by Gasteiger charge is 2.11. The highest BCUT2D eigenvalue weighted by Crippen LogP contribution is 2.11. The van der Waals surface area contributed by atoms with Crippen LogP contribution in [0.15, 0.2) is 18.2 Å². The highest BCUT2D eigenvalue weighted by molar-refractivity contribution is 5.99. The lowest BCUT2D eigenvalue weighted by atomic mass is 10.0. The van der Waals surface area contributed by atoms with Gasteiger partial charge in [0.25, 0.3) is 0 Å². The Labute approximate surface area is 110 Å². The van der Waals surface area contributed by atoms with Gasteiger partial charge in [-0.1, -0.05) is 17.7 Å². The first-order chi connectivity index (χ1) is 8.54. The zero-order chi connectivity index (χ0) is 13.5.